The smallest absolute Gasteiger partial charge is 0.346 e. The molecule has 0 unspecified atom stereocenters. The van der Waals surface area contributed by atoms with Crippen molar-refractivity contribution in [1.82, 2.24) is 4.57 Å². The molecule has 0 atom stereocenters. The lowest BCUT2D eigenvalue weighted by Crippen LogP contribution is -2.09. The molecular weight excluding hydrogens is 506 g/mol. The molecule has 1 aromatic heterocycles. The number of aliphatic carboxylic acids is 1. The van der Waals surface area contributed by atoms with E-state index >= 15 is 0 Å². The highest BCUT2D eigenvalue weighted by atomic mass is 16.4. The van der Waals surface area contributed by atoms with Gasteiger partial charge in [-0.05, 0) is 90.4 Å². The second-order valence-corrected chi connectivity index (χ2v) is 9.78. The van der Waals surface area contributed by atoms with Crippen LogP contribution >= 0.6 is 0 Å². The van der Waals surface area contributed by atoms with Crippen molar-refractivity contribution in [1.29, 1.82) is 5.26 Å². The third-order valence-electron chi connectivity index (χ3n) is 7.35. The quantitative estimate of drug-likeness (QED) is 0.164. The first-order valence-corrected chi connectivity index (χ1v) is 13.5. The van der Waals surface area contributed by atoms with Crippen molar-refractivity contribution in [3.63, 3.8) is 0 Å². The highest BCUT2D eigenvalue weighted by Gasteiger charge is 2.14. The molecule has 6 aromatic rings. The summed E-state index contributed by atoms with van der Waals surface area (Å²) in [7, 11) is 0. The van der Waals surface area contributed by atoms with E-state index < -0.39 is 5.97 Å². The standard InChI is InChI=1S/C36H27N3O2/c1-2-38-34-19-13-25(21-28(24-37)36(40)41)22-32(34)33-23-27(16-20-35(33)38)26-14-17-31(18-15-26)39(29-9-5-3-6-10-29)30-11-7-4-8-12-30/h3-23H,2H2,1H3,(H,40,41). The number of fused-ring (bicyclic) bond motifs is 3. The molecule has 198 valence electrons. The number of aryl methyl sites for hydroxylation is 1. The summed E-state index contributed by atoms with van der Waals surface area (Å²) in [6, 6.07) is 43.3. The number of hydrogen-bond donors (Lipinski definition) is 1. The number of aromatic nitrogens is 1. The van der Waals surface area contributed by atoms with Crippen LogP contribution < -0.4 is 4.90 Å². The Morgan fingerprint density at radius 1 is 0.756 bits per heavy atom. The normalized spacial score (nSPS) is 11.5. The van der Waals surface area contributed by atoms with Crippen LogP contribution in [0, 0.1) is 11.3 Å². The zero-order chi connectivity index (χ0) is 28.3. The number of nitrogens with zero attached hydrogens (tertiary/aromatic N) is 3. The fourth-order valence-electron chi connectivity index (χ4n) is 5.44. The molecule has 0 bridgehead atoms. The second kappa shape index (κ2) is 10.9. The Balaban J connectivity index is 1.43. The molecule has 0 saturated carbocycles. The van der Waals surface area contributed by atoms with Crippen LogP contribution in [0.4, 0.5) is 17.1 Å². The van der Waals surface area contributed by atoms with E-state index in [0.717, 1.165) is 56.5 Å². The van der Waals surface area contributed by atoms with Crippen LogP contribution in [0.15, 0.2) is 127 Å². The Hall–Kier alpha value is -5.60. The third-order valence-corrected chi connectivity index (χ3v) is 7.35. The molecule has 41 heavy (non-hydrogen) atoms. The molecule has 0 spiro atoms. The van der Waals surface area contributed by atoms with Crippen LogP contribution in [0.3, 0.4) is 0 Å². The number of rotatable bonds is 7. The van der Waals surface area contributed by atoms with Gasteiger partial charge in [-0.15, -0.1) is 0 Å². The van der Waals surface area contributed by atoms with E-state index in [1.165, 1.54) is 6.08 Å². The molecule has 0 aliphatic carbocycles. The monoisotopic (exact) mass is 533 g/mol. The molecule has 1 heterocycles. The maximum absolute atomic E-state index is 11.4. The molecule has 5 heteroatoms. The topological polar surface area (TPSA) is 69.3 Å². The maximum atomic E-state index is 11.4. The van der Waals surface area contributed by atoms with E-state index in [0.29, 0.717) is 5.56 Å². The predicted octanol–water partition coefficient (Wildman–Crippen LogP) is 8.94. The summed E-state index contributed by atoms with van der Waals surface area (Å²) in [5.74, 6) is -1.23. The summed E-state index contributed by atoms with van der Waals surface area (Å²) in [5.41, 5.74) is 8.02. The van der Waals surface area contributed by atoms with Gasteiger partial charge in [0.15, 0.2) is 0 Å². The van der Waals surface area contributed by atoms with E-state index in [1.807, 2.05) is 54.6 Å². The van der Waals surface area contributed by atoms with Gasteiger partial charge in [-0.25, -0.2) is 4.79 Å². The van der Waals surface area contributed by atoms with E-state index in [9.17, 15) is 15.2 Å². The molecule has 0 radical (unpaired) electrons. The summed E-state index contributed by atoms with van der Waals surface area (Å²) in [5, 5.41) is 20.6. The lowest BCUT2D eigenvalue weighted by Gasteiger charge is -2.25. The van der Waals surface area contributed by atoms with Gasteiger partial charge in [0.05, 0.1) is 0 Å². The van der Waals surface area contributed by atoms with Crippen LogP contribution in [0.25, 0.3) is 39.0 Å². The summed E-state index contributed by atoms with van der Waals surface area (Å²) in [4.78, 5) is 13.6. The predicted molar refractivity (Wildman–Crippen MR) is 166 cm³/mol. The van der Waals surface area contributed by atoms with Crippen LogP contribution in [0.5, 0.6) is 0 Å². The number of carboxylic acids is 1. The number of para-hydroxylation sites is 2. The highest BCUT2D eigenvalue weighted by Crippen LogP contribution is 2.37. The SMILES string of the molecule is CCn1c2ccc(C=C(C#N)C(=O)O)cc2c2cc(-c3ccc(N(c4ccccc4)c4ccccc4)cc3)ccc21. The first-order valence-electron chi connectivity index (χ1n) is 13.5. The Morgan fingerprint density at radius 3 is 1.85 bits per heavy atom. The van der Waals surface area contributed by atoms with Crippen molar-refractivity contribution < 1.29 is 9.90 Å². The molecule has 0 amide bonds. The van der Waals surface area contributed by atoms with Crippen molar-refractivity contribution in [2.24, 2.45) is 0 Å². The molecule has 0 aliphatic heterocycles. The molecule has 1 N–H and O–H groups in total. The number of carbonyl (C=O) groups is 1. The molecule has 5 nitrogen and oxygen atoms in total. The van der Waals surface area contributed by atoms with Crippen molar-refractivity contribution in [3.8, 4) is 17.2 Å². The lowest BCUT2D eigenvalue weighted by molar-refractivity contribution is -0.132. The molecule has 5 aromatic carbocycles. The van der Waals surface area contributed by atoms with E-state index in [2.05, 4.69) is 83.1 Å². The van der Waals surface area contributed by atoms with E-state index in [4.69, 9.17) is 0 Å². The Kier molecular flexibility index (Phi) is 6.81. The van der Waals surface area contributed by atoms with Crippen LogP contribution in [-0.4, -0.2) is 15.6 Å². The van der Waals surface area contributed by atoms with E-state index in [1.54, 1.807) is 6.07 Å². The van der Waals surface area contributed by atoms with Crippen LogP contribution in [0.1, 0.15) is 12.5 Å². The number of anilines is 3. The zero-order valence-corrected chi connectivity index (χ0v) is 22.5. The van der Waals surface area contributed by atoms with Crippen molar-refractivity contribution >= 4 is 50.9 Å². The average Bonchev–Trinajstić information content (AvgIpc) is 3.33. The summed E-state index contributed by atoms with van der Waals surface area (Å²) >= 11 is 0. The lowest BCUT2D eigenvalue weighted by atomic mass is 10.0. The molecule has 0 fully saturated rings. The number of hydrogen-bond acceptors (Lipinski definition) is 3. The average molecular weight is 534 g/mol. The Labute approximate surface area is 238 Å². The highest BCUT2D eigenvalue weighted by molar-refractivity contribution is 6.10. The van der Waals surface area contributed by atoms with Gasteiger partial charge in [0, 0.05) is 45.4 Å². The number of nitriles is 1. The first-order chi connectivity index (χ1) is 20.1. The second-order valence-electron chi connectivity index (χ2n) is 9.78. The third kappa shape index (κ3) is 4.84. The van der Waals surface area contributed by atoms with Crippen LogP contribution in [0.2, 0.25) is 0 Å². The van der Waals surface area contributed by atoms with Gasteiger partial charge in [-0.3, -0.25) is 0 Å². The van der Waals surface area contributed by atoms with E-state index in [-0.39, 0.29) is 5.57 Å². The maximum Gasteiger partial charge on any atom is 0.346 e. The van der Waals surface area contributed by atoms with Crippen molar-refractivity contribution in [3.05, 3.63) is 132 Å². The fourth-order valence-corrected chi connectivity index (χ4v) is 5.44. The minimum absolute atomic E-state index is 0.288. The zero-order valence-electron chi connectivity index (χ0n) is 22.5. The first kappa shape index (κ1) is 25.7. The number of carboxylic acid groups (broad SMARTS) is 1. The van der Waals surface area contributed by atoms with Crippen molar-refractivity contribution in [2.75, 3.05) is 4.90 Å². The van der Waals surface area contributed by atoms with Crippen molar-refractivity contribution in [2.45, 2.75) is 13.5 Å². The Morgan fingerprint density at radius 2 is 1.29 bits per heavy atom. The van der Waals surface area contributed by atoms with Gasteiger partial charge in [0.1, 0.15) is 11.6 Å². The van der Waals surface area contributed by atoms with Gasteiger partial charge in [-0.1, -0.05) is 60.7 Å². The van der Waals surface area contributed by atoms with Gasteiger partial charge in [-0.2, -0.15) is 5.26 Å². The minimum atomic E-state index is -1.23. The molecule has 0 aliphatic rings. The fraction of sp³-hybridized carbons (Fsp3) is 0.0556. The summed E-state index contributed by atoms with van der Waals surface area (Å²) in [6.07, 6.45) is 1.42. The Bertz CT molecular complexity index is 1910. The largest absolute Gasteiger partial charge is 0.477 e. The molecule has 0 saturated heterocycles. The summed E-state index contributed by atoms with van der Waals surface area (Å²) < 4.78 is 2.25. The van der Waals surface area contributed by atoms with Gasteiger partial charge < -0.3 is 14.6 Å². The van der Waals surface area contributed by atoms with Crippen LogP contribution in [-0.2, 0) is 11.3 Å². The van der Waals surface area contributed by atoms with Gasteiger partial charge in [0.2, 0.25) is 0 Å². The molecular formula is C36H27N3O2. The summed E-state index contributed by atoms with van der Waals surface area (Å²) in [6.45, 7) is 2.92. The van der Waals surface area contributed by atoms with Gasteiger partial charge in [0.25, 0.3) is 0 Å². The molecule has 6 rings (SSSR count). The minimum Gasteiger partial charge on any atom is -0.477 e. The van der Waals surface area contributed by atoms with Gasteiger partial charge >= 0.3 is 5.97 Å². The number of benzene rings is 5.